The maximum absolute atomic E-state index is 9.04. The second-order valence-corrected chi connectivity index (χ2v) is 3.77. The molecule has 2 heteroatoms. The van der Waals surface area contributed by atoms with Crippen LogP contribution in [-0.2, 0) is 0 Å². The lowest BCUT2D eigenvalue weighted by Crippen LogP contribution is -2.35. The minimum Gasteiger partial charge on any atom is -0.392 e. The van der Waals surface area contributed by atoms with Crippen molar-refractivity contribution in [3.63, 3.8) is 0 Å². The van der Waals surface area contributed by atoms with Gasteiger partial charge in [-0.3, -0.25) is 0 Å². The molecule has 66 valence electrons. The standard InChI is InChI=1S/C9H19NO/c1-7-4-3-5-9(7)10-6-8(2)11/h7-11H,3-6H2,1-2H3/t7?,8-,9?/m0/s1. The van der Waals surface area contributed by atoms with Gasteiger partial charge in [0.15, 0.2) is 0 Å². The molecule has 1 saturated carbocycles. The van der Waals surface area contributed by atoms with E-state index in [0.717, 1.165) is 12.5 Å². The predicted molar refractivity (Wildman–Crippen MR) is 46.5 cm³/mol. The van der Waals surface area contributed by atoms with E-state index >= 15 is 0 Å². The lowest BCUT2D eigenvalue weighted by Gasteiger charge is -2.17. The minimum absolute atomic E-state index is 0.206. The molecule has 1 aliphatic carbocycles. The van der Waals surface area contributed by atoms with Gasteiger partial charge in [0.05, 0.1) is 6.10 Å². The third kappa shape index (κ3) is 2.80. The molecule has 0 aromatic rings. The Balaban J connectivity index is 2.15. The van der Waals surface area contributed by atoms with Crippen LogP contribution in [0.25, 0.3) is 0 Å². The molecule has 0 radical (unpaired) electrons. The van der Waals surface area contributed by atoms with Gasteiger partial charge in [-0.05, 0) is 25.7 Å². The average Bonchev–Trinajstić information content (AvgIpc) is 2.31. The van der Waals surface area contributed by atoms with E-state index in [4.69, 9.17) is 5.11 Å². The lowest BCUT2D eigenvalue weighted by molar-refractivity contribution is 0.183. The fourth-order valence-electron chi connectivity index (χ4n) is 1.77. The Morgan fingerprint density at radius 2 is 2.27 bits per heavy atom. The van der Waals surface area contributed by atoms with Crippen LogP contribution in [0.1, 0.15) is 33.1 Å². The van der Waals surface area contributed by atoms with Crippen LogP contribution in [0.2, 0.25) is 0 Å². The van der Waals surface area contributed by atoms with E-state index in [2.05, 4.69) is 12.2 Å². The van der Waals surface area contributed by atoms with Crippen LogP contribution in [0.5, 0.6) is 0 Å². The Bertz CT molecular complexity index is 114. The van der Waals surface area contributed by atoms with Crippen molar-refractivity contribution < 1.29 is 5.11 Å². The van der Waals surface area contributed by atoms with Crippen LogP contribution in [0.3, 0.4) is 0 Å². The Morgan fingerprint density at radius 3 is 2.73 bits per heavy atom. The van der Waals surface area contributed by atoms with Crippen LogP contribution in [-0.4, -0.2) is 23.8 Å². The van der Waals surface area contributed by atoms with Gasteiger partial charge < -0.3 is 10.4 Å². The average molecular weight is 157 g/mol. The van der Waals surface area contributed by atoms with E-state index in [1.807, 2.05) is 6.92 Å². The van der Waals surface area contributed by atoms with Crippen molar-refractivity contribution in [3.8, 4) is 0 Å². The molecule has 0 heterocycles. The molecular weight excluding hydrogens is 138 g/mol. The van der Waals surface area contributed by atoms with Crippen molar-refractivity contribution in [2.24, 2.45) is 5.92 Å². The highest BCUT2D eigenvalue weighted by atomic mass is 16.3. The molecule has 0 bridgehead atoms. The largest absolute Gasteiger partial charge is 0.392 e. The highest BCUT2D eigenvalue weighted by Crippen LogP contribution is 2.24. The van der Waals surface area contributed by atoms with Crippen molar-refractivity contribution in [1.82, 2.24) is 5.32 Å². The van der Waals surface area contributed by atoms with Gasteiger partial charge in [-0.1, -0.05) is 13.3 Å². The summed E-state index contributed by atoms with van der Waals surface area (Å²) < 4.78 is 0. The lowest BCUT2D eigenvalue weighted by atomic mass is 10.1. The summed E-state index contributed by atoms with van der Waals surface area (Å²) >= 11 is 0. The van der Waals surface area contributed by atoms with Crippen LogP contribution < -0.4 is 5.32 Å². The molecule has 2 N–H and O–H groups in total. The number of rotatable bonds is 3. The second-order valence-electron chi connectivity index (χ2n) is 3.77. The first kappa shape index (κ1) is 9.01. The predicted octanol–water partition coefficient (Wildman–Crippen LogP) is 1.15. The van der Waals surface area contributed by atoms with Crippen molar-refractivity contribution in [2.45, 2.75) is 45.3 Å². The molecule has 11 heavy (non-hydrogen) atoms. The summed E-state index contributed by atoms with van der Waals surface area (Å²) in [5, 5.41) is 12.4. The number of nitrogens with one attached hydrogen (secondary N) is 1. The number of aliphatic hydroxyl groups is 1. The van der Waals surface area contributed by atoms with Crippen molar-refractivity contribution in [2.75, 3.05) is 6.54 Å². The molecule has 0 amide bonds. The number of aliphatic hydroxyl groups excluding tert-OH is 1. The maximum Gasteiger partial charge on any atom is 0.0636 e. The normalized spacial score (nSPS) is 34.1. The fraction of sp³-hybridized carbons (Fsp3) is 1.00. The van der Waals surface area contributed by atoms with Gasteiger partial charge in [0.1, 0.15) is 0 Å². The zero-order chi connectivity index (χ0) is 8.27. The molecule has 1 fully saturated rings. The molecule has 1 aliphatic rings. The highest BCUT2D eigenvalue weighted by molar-refractivity contribution is 4.80. The molecule has 0 spiro atoms. The highest BCUT2D eigenvalue weighted by Gasteiger charge is 2.22. The maximum atomic E-state index is 9.04. The minimum atomic E-state index is -0.206. The van der Waals surface area contributed by atoms with Crippen LogP contribution in [0.15, 0.2) is 0 Å². The van der Waals surface area contributed by atoms with Crippen molar-refractivity contribution in [1.29, 1.82) is 0 Å². The van der Waals surface area contributed by atoms with Crippen molar-refractivity contribution in [3.05, 3.63) is 0 Å². The van der Waals surface area contributed by atoms with Gasteiger partial charge in [-0.25, -0.2) is 0 Å². The molecule has 1 rings (SSSR count). The van der Waals surface area contributed by atoms with Crippen LogP contribution in [0.4, 0.5) is 0 Å². The summed E-state index contributed by atoms with van der Waals surface area (Å²) in [4.78, 5) is 0. The van der Waals surface area contributed by atoms with E-state index in [9.17, 15) is 0 Å². The summed E-state index contributed by atoms with van der Waals surface area (Å²) in [6.45, 7) is 4.86. The van der Waals surface area contributed by atoms with Crippen molar-refractivity contribution >= 4 is 0 Å². The van der Waals surface area contributed by atoms with E-state index in [1.165, 1.54) is 19.3 Å². The Hall–Kier alpha value is -0.0800. The first-order valence-electron chi connectivity index (χ1n) is 4.61. The first-order chi connectivity index (χ1) is 5.20. The molecule has 0 aliphatic heterocycles. The summed E-state index contributed by atoms with van der Waals surface area (Å²) in [5.41, 5.74) is 0. The van der Waals surface area contributed by atoms with E-state index in [1.54, 1.807) is 0 Å². The number of hydrogen-bond acceptors (Lipinski definition) is 2. The summed E-state index contributed by atoms with van der Waals surface area (Å²) in [6, 6.07) is 0.657. The molecular formula is C9H19NO. The van der Waals surface area contributed by atoms with Gasteiger partial charge in [-0.15, -0.1) is 0 Å². The second kappa shape index (κ2) is 4.07. The van der Waals surface area contributed by atoms with E-state index < -0.39 is 0 Å². The number of hydrogen-bond donors (Lipinski definition) is 2. The SMILES string of the molecule is CC1CCCC1NC[C@H](C)O. The third-order valence-corrected chi connectivity index (χ3v) is 2.54. The van der Waals surface area contributed by atoms with Gasteiger partial charge >= 0.3 is 0 Å². The van der Waals surface area contributed by atoms with E-state index in [0.29, 0.717) is 6.04 Å². The van der Waals surface area contributed by atoms with Gasteiger partial charge in [-0.2, -0.15) is 0 Å². The summed E-state index contributed by atoms with van der Waals surface area (Å²) in [6.07, 6.45) is 3.77. The third-order valence-electron chi connectivity index (χ3n) is 2.54. The zero-order valence-corrected chi connectivity index (χ0v) is 7.51. The molecule has 2 nitrogen and oxygen atoms in total. The Kier molecular flexibility index (Phi) is 3.34. The summed E-state index contributed by atoms with van der Waals surface area (Å²) in [7, 11) is 0. The molecule has 2 unspecified atom stereocenters. The zero-order valence-electron chi connectivity index (χ0n) is 7.51. The van der Waals surface area contributed by atoms with E-state index in [-0.39, 0.29) is 6.10 Å². The Morgan fingerprint density at radius 1 is 1.55 bits per heavy atom. The Labute approximate surface area is 69.0 Å². The molecule has 0 aromatic heterocycles. The van der Waals surface area contributed by atoms with Crippen LogP contribution >= 0.6 is 0 Å². The first-order valence-corrected chi connectivity index (χ1v) is 4.61. The molecule has 0 aromatic carbocycles. The quantitative estimate of drug-likeness (QED) is 0.644. The van der Waals surface area contributed by atoms with Gasteiger partial charge in [0, 0.05) is 12.6 Å². The smallest absolute Gasteiger partial charge is 0.0636 e. The van der Waals surface area contributed by atoms with Gasteiger partial charge in [0.25, 0.3) is 0 Å². The fourth-order valence-corrected chi connectivity index (χ4v) is 1.77. The van der Waals surface area contributed by atoms with Crippen LogP contribution in [0, 0.1) is 5.92 Å². The van der Waals surface area contributed by atoms with Gasteiger partial charge in [0.2, 0.25) is 0 Å². The molecule has 0 saturated heterocycles. The molecule has 3 atom stereocenters. The topological polar surface area (TPSA) is 32.3 Å². The summed E-state index contributed by atoms with van der Waals surface area (Å²) in [5.74, 6) is 0.800. The monoisotopic (exact) mass is 157 g/mol.